The zero-order valence-corrected chi connectivity index (χ0v) is 16.5. The van der Waals surface area contributed by atoms with Crippen LogP contribution in [0.4, 0.5) is 5.69 Å². The van der Waals surface area contributed by atoms with Gasteiger partial charge in [0.05, 0.1) is 19.4 Å². The van der Waals surface area contributed by atoms with Crippen LogP contribution in [0.1, 0.15) is 30.1 Å². The number of nitrogens with zero attached hydrogens (tertiary/aromatic N) is 3. The molecule has 1 aliphatic rings. The number of ether oxygens (including phenoxy) is 2. The summed E-state index contributed by atoms with van der Waals surface area (Å²) < 4.78 is 12.3. The van der Waals surface area contributed by atoms with Crippen molar-refractivity contribution in [1.29, 1.82) is 0 Å². The fourth-order valence-corrected chi connectivity index (χ4v) is 3.37. The predicted molar refractivity (Wildman–Crippen MR) is 105 cm³/mol. The maximum atomic E-state index is 12.8. The van der Waals surface area contributed by atoms with Gasteiger partial charge in [0.1, 0.15) is 11.3 Å². The molecule has 0 aliphatic carbocycles. The average Bonchev–Trinajstić information content (AvgIpc) is 3.10. The van der Waals surface area contributed by atoms with E-state index in [-0.39, 0.29) is 17.7 Å². The quantitative estimate of drug-likeness (QED) is 0.823. The van der Waals surface area contributed by atoms with Crippen LogP contribution in [0.3, 0.4) is 0 Å². The van der Waals surface area contributed by atoms with Crippen molar-refractivity contribution in [3.05, 3.63) is 36.0 Å². The Bertz CT molecular complexity index is 840. The number of methoxy groups -OCH3 is 1. The van der Waals surface area contributed by atoms with E-state index >= 15 is 0 Å². The first kappa shape index (κ1) is 19.7. The molecule has 8 heteroatoms. The van der Waals surface area contributed by atoms with Crippen LogP contribution in [0.25, 0.3) is 0 Å². The summed E-state index contributed by atoms with van der Waals surface area (Å²) in [5, 5.41) is 7.09. The first-order chi connectivity index (χ1) is 13.5. The highest BCUT2D eigenvalue weighted by molar-refractivity contribution is 5.97. The maximum Gasteiger partial charge on any atom is 0.260 e. The number of para-hydroxylation sites is 2. The minimum absolute atomic E-state index is 0.0433. The van der Waals surface area contributed by atoms with Crippen molar-refractivity contribution in [3.8, 4) is 11.6 Å². The highest BCUT2D eigenvalue weighted by Crippen LogP contribution is 2.27. The van der Waals surface area contributed by atoms with Crippen LogP contribution in [-0.2, 0) is 11.8 Å². The fourth-order valence-electron chi connectivity index (χ4n) is 3.37. The Kier molecular flexibility index (Phi) is 6.18. The molecular weight excluding hydrogens is 360 g/mol. The van der Waals surface area contributed by atoms with Gasteiger partial charge in [-0.1, -0.05) is 12.1 Å². The van der Waals surface area contributed by atoms with Gasteiger partial charge >= 0.3 is 0 Å². The number of aromatic nitrogens is 2. The van der Waals surface area contributed by atoms with Crippen LogP contribution >= 0.6 is 0 Å². The molecule has 2 amide bonds. The molecule has 0 radical (unpaired) electrons. The smallest absolute Gasteiger partial charge is 0.260 e. The van der Waals surface area contributed by atoms with E-state index in [0.29, 0.717) is 55.4 Å². The van der Waals surface area contributed by atoms with E-state index in [4.69, 9.17) is 9.47 Å². The zero-order chi connectivity index (χ0) is 20.1. The third kappa shape index (κ3) is 4.27. The molecule has 2 aromatic rings. The number of piperidine rings is 1. The van der Waals surface area contributed by atoms with Gasteiger partial charge in [-0.2, -0.15) is 0 Å². The molecule has 1 saturated heterocycles. The summed E-state index contributed by atoms with van der Waals surface area (Å²) in [4.78, 5) is 27.2. The second kappa shape index (κ2) is 8.77. The van der Waals surface area contributed by atoms with Crippen LogP contribution in [0, 0.1) is 5.92 Å². The Hall–Kier alpha value is -3.03. The van der Waals surface area contributed by atoms with Crippen molar-refractivity contribution < 1.29 is 19.1 Å². The zero-order valence-electron chi connectivity index (χ0n) is 16.5. The fraction of sp³-hybridized carbons (Fsp3) is 0.450. The largest absolute Gasteiger partial charge is 0.492 e. The van der Waals surface area contributed by atoms with Crippen LogP contribution in [0.15, 0.2) is 30.5 Å². The third-order valence-corrected chi connectivity index (χ3v) is 4.82. The molecule has 0 spiro atoms. The number of aryl methyl sites for hydroxylation is 1. The molecule has 8 nitrogen and oxygen atoms in total. The number of likely N-dealkylation sites (tertiary alicyclic amines) is 1. The molecular formula is C20H26N4O4. The molecule has 3 rings (SSSR count). The molecule has 0 saturated carbocycles. The maximum absolute atomic E-state index is 12.8. The van der Waals surface area contributed by atoms with Crippen molar-refractivity contribution in [2.45, 2.75) is 19.8 Å². The van der Waals surface area contributed by atoms with E-state index < -0.39 is 0 Å². The lowest BCUT2D eigenvalue weighted by atomic mass is 9.95. The van der Waals surface area contributed by atoms with E-state index in [1.165, 1.54) is 7.11 Å². The SMILES string of the molecule is CCOc1ccccc1NC(=O)C1CCN(C(=O)c2cn(C)nc2OC)CC1. The lowest BCUT2D eigenvalue weighted by Gasteiger charge is -2.31. The number of carbonyl (C=O) groups excluding carboxylic acids is 2. The molecule has 0 atom stereocenters. The Morgan fingerprint density at radius 3 is 2.64 bits per heavy atom. The van der Waals surface area contributed by atoms with Crippen LogP contribution in [0.5, 0.6) is 11.6 Å². The number of hydrogen-bond acceptors (Lipinski definition) is 5. The Balaban J connectivity index is 1.59. The van der Waals surface area contributed by atoms with Crippen LogP contribution in [-0.4, -0.2) is 53.3 Å². The summed E-state index contributed by atoms with van der Waals surface area (Å²) in [6, 6.07) is 7.40. The highest BCUT2D eigenvalue weighted by atomic mass is 16.5. The normalized spacial score (nSPS) is 14.6. The van der Waals surface area contributed by atoms with Crippen molar-refractivity contribution in [3.63, 3.8) is 0 Å². The second-order valence-corrected chi connectivity index (χ2v) is 6.71. The lowest BCUT2D eigenvalue weighted by molar-refractivity contribution is -0.121. The van der Waals surface area contributed by atoms with Gasteiger partial charge in [-0.25, -0.2) is 0 Å². The van der Waals surface area contributed by atoms with Gasteiger partial charge < -0.3 is 19.7 Å². The van der Waals surface area contributed by atoms with E-state index in [9.17, 15) is 9.59 Å². The third-order valence-electron chi connectivity index (χ3n) is 4.82. The van der Waals surface area contributed by atoms with Gasteiger partial charge in [-0.05, 0) is 31.9 Å². The summed E-state index contributed by atoms with van der Waals surface area (Å²) in [5.41, 5.74) is 1.12. The highest BCUT2D eigenvalue weighted by Gasteiger charge is 2.30. The lowest BCUT2D eigenvalue weighted by Crippen LogP contribution is -2.41. The Morgan fingerprint density at radius 2 is 1.96 bits per heavy atom. The second-order valence-electron chi connectivity index (χ2n) is 6.71. The molecule has 1 N–H and O–H groups in total. The molecule has 1 aromatic heterocycles. The van der Waals surface area contributed by atoms with Gasteiger partial charge in [0.15, 0.2) is 0 Å². The number of rotatable bonds is 6. The number of amides is 2. The van der Waals surface area contributed by atoms with E-state index in [1.54, 1.807) is 22.8 Å². The summed E-state index contributed by atoms with van der Waals surface area (Å²) in [5.74, 6) is 0.674. The van der Waals surface area contributed by atoms with Gasteiger partial charge in [-0.15, -0.1) is 5.10 Å². The van der Waals surface area contributed by atoms with E-state index in [2.05, 4.69) is 10.4 Å². The van der Waals surface area contributed by atoms with Gasteiger partial charge in [0.25, 0.3) is 5.91 Å². The number of hydrogen-bond donors (Lipinski definition) is 1. The van der Waals surface area contributed by atoms with Crippen LogP contribution < -0.4 is 14.8 Å². The minimum Gasteiger partial charge on any atom is -0.492 e. The standard InChI is InChI=1S/C20H26N4O4/c1-4-28-17-8-6-5-7-16(17)21-18(25)14-9-11-24(12-10-14)20(26)15-13-23(2)22-19(15)27-3/h5-8,13-14H,4,9-12H2,1-3H3,(H,21,25). The first-order valence-electron chi connectivity index (χ1n) is 9.43. The van der Waals surface area contributed by atoms with Crippen molar-refractivity contribution in [2.75, 3.05) is 32.1 Å². The molecule has 150 valence electrons. The average molecular weight is 386 g/mol. The number of nitrogens with one attached hydrogen (secondary N) is 1. The first-order valence-corrected chi connectivity index (χ1v) is 9.43. The van der Waals surface area contributed by atoms with Crippen molar-refractivity contribution in [1.82, 2.24) is 14.7 Å². The summed E-state index contributed by atoms with van der Waals surface area (Å²) in [6.45, 7) is 3.47. The number of benzene rings is 1. The van der Waals surface area contributed by atoms with Crippen molar-refractivity contribution >= 4 is 17.5 Å². The Morgan fingerprint density at radius 1 is 1.25 bits per heavy atom. The molecule has 1 fully saturated rings. The van der Waals surface area contributed by atoms with E-state index in [1.807, 2.05) is 31.2 Å². The topological polar surface area (TPSA) is 85.7 Å². The van der Waals surface area contributed by atoms with E-state index in [0.717, 1.165) is 0 Å². The molecule has 0 unspecified atom stereocenters. The Labute approximate surface area is 164 Å². The van der Waals surface area contributed by atoms with Gasteiger partial charge in [0.2, 0.25) is 11.8 Å². The summed E-state index contributed by atoms with van der Waals surface area (Å²) in [6.07, 6.45) is 2.87. The molecule has 1 aliphatic heterocycles. The molecule has 0 bridgehead atoms. The molecule has 28 heavy (non-hydrogen) atoms. The summed E-state index contributed by atoms with van der Waals surface area (Å²) in [7, 11) is 3.24. The van der Waals surface area contributed by atoms with Crippen molar-refractivity contribution in [2.24, 2.45) is 13.0 Å². The molecule has 2 heterocycles. The molecule has 1 aromatic carbocycles. The number of anilines is 1. The number of carbonyl (C=O) groups is 2. The predicted octanol–water partition coefficient (Wildman–Crippen LogP) is 2.32. The van der Waals surface area contributed by atoms with Crippen LogP contribution in [0.2, 0.25) is 0 Å². The monoisotopic (exact) mass is 386 g/mol. The van der Waals surface area contributed by atoms with Gasteiger partial charge in [-0.3, -0.25) is 14.3 Å². The van der Waals surface area contributed by atoms with Gasteiger partial charge in [0, 0.05) is 32.3 Å². The summed E-state index contributed by atoms with van der Waals surface area (Å²) >= 11 is 0. The minimum atomic E-state index is -0.144.